The van der Waals surface area contributed by atoms with Crippen LogP contribution in [0.25, 0.3) is 0 Å². The smallest absolute Gasteiger partial charge is 0.147 e. The molecule has 2 N–H and O–H groups in total. The molecule has 0 amide bonds. The summed E-state index contributed by atoms with van der Waals surface area (Å²) >= 11 is 9.56. The predicted octanol–water partition coefficient (Wildman–Crippen LogP) is 4.77. The van der Waals surface area contributed by atoms with Crippen LogP contribution in [-0.2, 0) is 16.6 Å². The molecule has 0 radical (unpaired) electrons. The Morgan fingerprint density at radius 1 is 1.19 bits per heavy atom. The van der Waals surface area contributed by atoms with Gasteiger partial charge in [0.1, 0.15) is 5.78 Å². The number of hydrogen-bond acceptors (Lipinski definition) is 2. The van der Waals surface area contributed by atoms with Crippen LogP contribution in [0.15, 0.2) is 46.9 Å². The maximum absolute atomic E-state index is 12.7. The Bertz CT molecular complexity index is 665. The van der Waals surface area contributed by atoms with Gasteiger partial charge in [-0.15, -0.1) is 0 Å². The third kappa shape index (κ3) is 3.66. The first-order chi connectivity index (χ1) is 9.80. The Balaban J connectivity index is 2.24. The van der Waals surface area contributed by atoms with Crippen LogP contribution < -0.4 is 5.73 Å². The molecule has 2 aromatic rings. The van der Waals surface area contributed by atoms with Gasteiger partial charge < -0.3 is 5.73 Å². The molecular weight excluding hydrogens is 350 g/mol. The summed E-state index contributed by atoms with van der Waals surface area (Å²) in [5.74, 6) is 0.122. The molecule has 0 saturated carbocycles. The average Bonchev–Trinajstić information content (AvgIpc) is 2.42. The molecule has 0 bridgehead atoms. The fourth-order valence-electron chi connectivity index (χ4n) is 2.12. The molecule has 0 atom stereocenters. The van der Waals surface area contributed by atoms with Gasteiger partial charge in [0, 0.05) is 27.0 Å². The lowest BCUT2D eigenvalue weighted by Gasteiger charge is -2.24. The van der Waals surface area contributed by atoms with E-state index in [0.717, 1.165) is 15.6 Å². The predicted molar refractivity (Wildman–Crippen MR) is 91.7 cm³/mol. The van der Waals surface area contributed by atoms with Gasteiger partial charge in [-0.25, -0.2) is 0 Å². The summed E-state index contributed by atoms with van der Waals surface area (Å²) in [5.41, 5.74) is 7.60. The first-order valence-corrected chi connectivity index (χ1v) is 7.81. The van der Waals surface area contributed by atoms with Crippen LogP contribution >= 0.6 is 27.5 Å². The van der Waals surface area contributed by atoms with Gasteiger partial charge in [0.2, 0.25) is 0 Å². The zero-order chi connectivity index (χ0) is 15.6. The van der Waals surface area contributed by atoms with Crippen LogP contribution in [0.2, 0.25) is 5.02 Å². The fraction of sp³-hybridized carbons (Fsp3) is 0.235. The lowest BCUT2D eigenvalue weighted by molar-refractivity contribution is -0.122. The molecule has 0 unspecified atom stereocenters. The van der Waals surface area contributed by atoms with Crippen molar-refractivity contribution in [3.63, 3.8) is 0 Å². The second-order valence-corrected chi connectivity index (χ2v) is 6.91. The van der Waals surface area contributed by atoms with Crippen LogP contribution in [0.3, 0.4) is 0 Å². The lowest BCUT2D eigenvalue weighted by atomic mass is 9.78. The van der Waals surface area contributed by atoms with E-state index in [9.17, 15) is 4.79 Å². The van der Waals surface area contributed by atoms with Gasteiger partial charge in [-0.3, -0.25) is 4.79 Å². The first-order valence-electron chi connectivity index (χ1n) is 6.64. The highest BCUT2D eigenvalue weighted by Gasteiger charge is 2.29. The second-order valence-electron chi connectivity index (χ2n) is 5.58. The number of hydrogen-bond donors (Lipinski definition) is 1. The summed E-state index contributed by atoms with van der Waals surface area (Å²) in [6.45, 7) is 3.85. The number of nitrogens with two attached hydrogens (primary N) is 1. The van der Waals surface area contributed by atoms with Crippen molar-refractivity contribution in [3.05, 3.63) is 63.1 Å². The van der Waals surface area contributed by atoms with Crippen molar-refractivity contribution in [2.45, 2.75) is 25.7 Å². The zero-order valence-electron chi connectivity index (χ0n) is 12.0. The van der Waals surface area contributed by atoms with Gasteiger partial charge >= 0.3 is 0 Å². The van der Waals surface area contributed by atoms with E-state index in [4.69, 9.17) is 17.3 Å². The van der Waals surface area contributed by atoms with Crippen molar-refractivity contribution >= 4 is 39.0 Å². The number of Topliss-reactive ketones (excluding diaryl/α,β-unsaturated/α-hetero) is 1. The number of nitrogen functional groups attached to an aromatic ring is 1. The molecule has 2 rings (SSSR count). The van der Waals surface area contributed by atoms with Crippen molar-refractivity contribution in [2.75, 3.05) is 5.73 Å². The largest absolute Gasteiger partial charge is 0.399 e. The molecule has 21 heavy (non-hydrogen) atoms. The van der Waals surface area contributed by atoms with Gasteiger partial charge in [-0.2, -0.15) is 0 Å². The molecule has 0 heterocycles. The maximum atomic E-state index is 12.7. The van der Waals surface area contributed by atoms with Crippen LogP contribution in [0.5, 0.6) is 0 Å². The summed E-state index contributed by atoms with van der Waals surface area (Å²) in [6.07, 6.45) is 0.309. The highest BCUT2D eigenvalue weighted by atomic mass is 79.9. The minimum absolute atomic E-state index is 0.122. The number of carbonyl (C=O) groups is 1. The van der Waals surface area contributed by atoms with E-state index in [1.165, 1.54) is 0 Å². The third-order valence-electron chi connectivity index (χ3n) is 3.70. The Morgan fingerprint density at radius 3 is 2.38 bits per heavy atom. The molecular formula is C17H17BrClNO. The van der Waals surface area contributed by atoms with Crippen molar-refractivity contribution in [1.82, 2.24) is 0 Å². The van der Waals surface area contributed by atoms with Gasteiger partial charge in [0.15, 0.2) is 0 Å². The standard InChI is InChI=1S/C17H17BrClNO/c1-17(2,12-4-7-14(20)8-5-12)16(21)9-11-3-6-13(18)10-15(11)19/h3-8,10H,9,20H2,1-2H3. The summed E-state index contributed by atoms with van der Waals surface area (Å²) in [7, 11) is 0. The Labute approximate surface area is 138 Å². The monoisotopic (exact) mass is 365 g/mol. The second kappa shape index (κ2) is 6.20. The number of anilines is 1. The third-order valence-corrected chi connectivity index (χ3v) is 4.54. The van der Waals surface area contributed by atoms with Crippen molar-refractivity contribution in [2.24, 2.45) is 0 Å². The molecule has 0 aliphatic rings. The number of ketones is 1. The topological polar surface area (TPSA) is 43.1 Å². The van der Waals surface area contributed by atoms with E-state index in [0.29, 0.717) is 17.1 Å². The van der Waals surface area contributed by atoms with Crippen LogP contribution in [0.4, 0.5) is 5.69 Å². The first kappa shape index (κ1) is 16.1. The Morgan fingerprint density at radius 2 is 1.81 bits per heavy atom. The van der Waals surface area contributed by atoms with E-state index in [1.807, 2.05) is 50.2 Å². The molecule has 0 saturated heterocycles. The number of halogens is 2. The minimum atomic E-state index is -0.579. The summed E-state index contributed by atoms with van der Waals surface area (Å²) in [5, 5.41) is 0.603. The van der Waals surface area contributed by atoms with Crippen LogP contribution in [-0.4, -0.2) is 5.78 Å². The Hall–Kier alpha value is -1.32. The zero-order valence-corrected chi connectivity index (χ0v) is 14.3. The Kier molecular flexibility index (Phi) is 4.74. The lowest BCUT2D eigenvalue weighted by Crippen LogP contribution is -2.30. The van der Waals surface area contributed by atoms with E-state index in [-0.39, 0.29) is 5.78 Å². The van der Waals surface area contributed by atoms with Gasteiger partial charge in [0.25, 0.3) is 0 Å². The minimum Gasteiger partial charge on any atom is -0.399 e. The molecule has 0 aromatic heterocycles. The molecule has 4 heteroatoms. The molecule has 0 aliphatic heterocycles. The van der Waals surface area contributed by atoms with Crippen molar-refractivity contribution in [3.8, 4) is 0 Å². The van der Waals surface area contributed by atoms with E-state index in [2.05, 4.69) is 15.9 Å². The number of rotatable bonds is 4. The van der Waals surface area contributed by atoms with Crippen molar-refractivity contribution < 1.29 is 4.79 Å². The summed E-state index contributed by atoms with van der Waals surface area (Å²) < 4.78 is 0.904. The summed E-state index contributed by atoms with van der Waals surface area (Å²) in [6, 6.07) is 13.0. The highest BCUT2D eigenvalue weighted by Crippen LogP contribution is 2.29. The molecule has 2 aromatic carbocycles. The quantitative estimate of drug-likeness (QED) is 0.792. The van der Waals surface area contributed by atoms with E-state index in [1.54, 1.807) is 6.07 Å². The van der Waals surface area contributed by atoms with Crippen LogP contribution in [0, 0.1) is 0 Å². The summed E-state index contributed by atoms with van der Waals surface area (Å²) in [4.78, 5) is 12.7. The maximum Gasteiger partial charge on any atom is 0.147 e. The number of carbonyl (C=O) groups excluding carboxylic acids is 1. The normalized spacial score (nSPS) is 11.4. The molecule has 2 nitrogen and oxygen atoms in total. The van der Waals surface area contributed by atoms with E-state index >= 15 is 0 Å². The fourth-order valence-corrected chi connectivity index (χ4v) is 2.86. The average molecular weight is 367 g/mol. The van der Waals surface area contributed by atoms with Gasteiger partial charge in [-0.1, -0.05) is 45.7 Å². The highest BCUT2D eigenvalue weighted by molar-refractivity contribution is 9.10. The van der Waals surface area contributed by atoms with Crippen LogP contribution in [0.1, 0.15) is 25.0 Å². The SMILES string of the molecule is CC(C)(C(=O)Cc1ccc(Br)cc1Cl)c1ccc(N)cc1. The van der Waals surface area contributed by atoms with Gasteiger partial charge in [-0.05, 0) is 49.2 Å². The van der Waals surface area contributed by atoms with Gasteiger partial charge in [0.05, 0.1) is 0 Å². The van der Waals surface area contributed by atoms with Crippen molar-refractivity contribution in [1.29, 1.82) is 0 Å². The molecule has 0 aliphatic carbocycles. The molecule has 0 fully saturated rings. The van der Waals surface area contributed by atoms with E-state index < -0.39 is 5.41 Å². The molecule has 110 valence electrons. The number of benzene rings is 2. The molecule has 0 spiro atoms.